The Labute approximate surface area is 131 Å². The highest BCUT2D eigenvalue weighted by molar-refractivity contribution is 5.61. The van der Waals surface area contributed by atoms with Crippen LogP contribution in [-0.4, -0.2) is 15.0 Å². The summed E-state index contributed by atoms with van der Waals surface area (Å²) in [7, 11) is 0. The molecule has 22 heavy (non-hydrogen) atoms. The fourth-order valence-electron chi connectivity index (χ4n) is 2.44. The molecule has 0 unspecified atom stereocenters. The summed E-state index contributed by atoms with van der Waals surface area (Å²) < 4.78 is 0. The minimum atomic E-state index is 0.811. The molecule has 3 aromatic heterocycles. The zero-order valence-electron chi connectivity index (χ0n) is 13.2. The van der Waals surface area contributed by atoms with Gasteiger partial charge in [0.1, 0.15) is 0 Å². The molecular formula is C19H19N3. The molecule has 0 bridgehead atoms. The van der Waals surface area contributed by atoms with Crippen LogP contribution in [-0.2, 0) is 6.42 Å². The summed E-state index contributed by atoms with van der Waals surface area (Å²) in [5, 5.41) is 0. The Morgan fingerprint density at radius 1 is 0.727 bits per heavy atom. The van der Waals surface area contributed by atoms with Crippen LogP contribution in [0, 0.1) is 20.8 Å². The highest BCUT2D eigenvalue weighted by Gasteiger charge is 2.04. The number of aromatic nitrogens is 3. The Kier molecular flexibility index (Phi) is 3.96. The van der Waals surface area contributed by atoms with Crippen LogP contribution >= 0.6 is 0 Å². The highest BCUT2D eigenvalue weighted by atomic mass is 14.7. The van der Waals surface area contributed by atoms with E-state index < -0.39 is 0 Å². The van der Waals surface area contributed by atoms with Gasteiger partial charge >= 0.3 is 0 Å². The summed E-state index contributed by atoms with van der Waals surface area (Å²) in [6.07, 6.45) is 4.62. The lowest BCUT2D eigenvalue weighted by atomic mass is 10.1. The van der Waals surface area contributed by atoms with Crippen molar-refractivity contribution in [2.75, 3.05) is 0 Å². The second-order valence-corrected chi connectivity index (χ2v) is 5.60. The average molecular weight is 289 g/mol. The highest BCUT2D eigenvalue weighted by Crippen LogP contribution is 2.19. The van der Waals surface area contributed by atoms with Gasteiger partial charge in [-0.2, -0.15) is 0 Å². The number of aryl methyl sites for hydroxylation is 3. The molecule has 0 saturated carbocycles. The number of pyridine rings is 3. The lowest BCUT2D eigenvalue weighted by Crippen LogP contribution is -1.98. The van der Waals surface area contributed by atoms with E-state index in [1.165, 1.54) is 5.56 Å². The van der Waals surface area contributed by atoms with E-state index in [1.54, 1.807) is 0 Å². The summed E-state index contributed by atoms with van der Waals surface area (Å²) in [4.78, 5) is 13.4. The van der Waals surface area contributed by atoms with E-state index in [9.17, 15) is 0 Å². The fourth-order valence-corrected chi connectivity index (χ4v) is 2.44. The minimum Gasteiger partial charge on any atom is -0.261 e. The lowest BCUT2D eigenvalue weighted by Gasteiger charge is -2.07. The minimum absolute atomic E-state index is 0.811. The maximum Gasteiger partial charge on any atom is 0.0448 e. The van der Waals surface area contributed by atoms with E-state index in [-0.39, 0.29) is 0 Å². The third kappa shape index (κ3) is 3.19. The average Bonchev–Trinajstić information content (AvgIpc) is 2.52. The summed E-state index contributed by atoms with van der Waals surface area (Å²) in [5.74, 6) is 0. The number of hydrogen-bond acceptors (Lipinski definition) is 3. The first kappa shape index (κ1) is 14.4. The number of rotatable bonds is 3. The summed E-state index contributed by atoms with van der Waals surface area (Å²) in [6, 6.07) is 12.5. The maximum atomic E-state index is 4.58. The molecule has 0 aliphatic rings. The molecule has 0 fully saturated rings. The summed E-state index contributed by atoms with van der Waals surface area (Å²) >= 11 is 0. The van der Waals surface area contributed by atoms with Crippen LogP contribution in [0.1, 0.15) is 28.3 Å². The quantitative estimate of drug-likeness (QED) is 0.730. The van der Waals surface area contributed by atoms with E-state index in [1.807, 2.05) is 32.3 Å². The van der Waals surface area contributed by atoms with Crippen molar-refractivity contribution in [1.82, 2.24) is 15.0 Å². The van der Waals surface area contributed by atoms with Crippen molar-refractivity contribution in [3.8, 4) is 11.1 Å². The second-order valence-electron chi connectivity index (χ2n) is 5.60. The van der Waals surface area contributed by atoms with Crippen molar-refractivity contribution < 1.29 is 0 Å². The molecule has 3 rings (SSSR count). The summed E-state index contributed by atoms with van der Waals surface area (Å²) in [5.41, 5.74) is 7.62. The van der Waals surface area contributed by atoms with Crippen LogP contribution in [0.25, 0.3) is 11.1 Å². The van der Waals surface area contributed by atoms with Crippen molar-refractivity contribution in [2.24, 2.45) is 0 Å². The van der Waals surface area contributed by atoms with Gasteiger partial charge in [0, 0.05) is 52.7 Å². The number of nitrogens with zero attached hydrogens (tertiary/aromatic N) is 3. The SMILES string of the molecule is Cc1ccc(-c2ccc(Cc3ccc(C)nc3C)nc2)cn1. The van der Waals surface area contributed by atoms with Crippen molar-refractivity contribution in [1.29, 1.82) is 0 Å². The smallest absolute Gasteiger partial charge is 0.0448 e. The van der Waals surface area contributed by atoms with Gasteiger partial charge in [-0.3, -0.25) is 15.0 Å². The zero-order valence-corrected chi connectivity index (χ0v) is 13.2. The van der Waals surface area contributed by atoms with Gasteiger partial charge in [-0.15, -0.1) is 0 Å². The van der Waals surface area contributed by atoms with Gasteiger partial charge in [0.05, 0.1) is 0 Å². The van der Waals surface area contributed by atoms with E-state index in [0.717, 1.165) is 40.3 Å². The zero-order chi connectivity index (χ0) is 15.5. The first-order valence-electron chi connectivity index (χ1n) is 7.43. The molecule has 3 heterocycles. The monoisotopic (exact) mass is 289 g/mol. The molecule has 110 valence electrons. The van der Waals surface area contributed by atoms with Gasteiger partial charge < -0.3 is 0 Å². The largest absolute Gasteiger partial charge is 0.261 e. The molecule has 0 amide bonds. The van der Waals surface area contributed by atoms with Crippen molar-refractivity contribution in [3.05, 3.63) is 77.1 Å². The molecule has 0 aliphatic carbocycles. The molecule has 0 aromatic carbocycles. The van der Waals surface area contributed by atoms with Gasteiger partial charge in [-0.25, -0.2) is 0 Å². The van der Waals surface area contributed by atoms with Crippen LogP contribution in [0.3, 0.4) is 0 Å². The van der Waals surface area contributed by atoms with E-state index >= 15 is 0 Å². The molecule has 0 aliphatic heterocycles. The fraction of sp³-hybridized carbons (Fsp3) is 0.211. The predicted octanol–water partition coefficient (Wildman–Crippen LogP) is 4.05. The van der Waals surface area contributed by atoms with Crippen LogP contribution in [0.4, 0.5) is 0 Å². The molecule has 0 saturated heterocycles. The van der Waals surface area contributed by atoms with Crippen molar-refractivity contribution >= 4 is 0 Å². The lowest BCUT2D eigenvalue weighted by molar-refractivity contribution is 1.01. The molecule has 3 nitrogen and oxygen atoms in total. The standard InChI is InChI=1S/C19H19N3/c1-13-4-7-17(11-20-13)18-8-9-19(21-12-18)10-16-6-5-14(2)22-15(16)3/h4-9,11-12H,10H2,1-3H3. The Morgan fingerprint density at radius 3 is 2.00 bits per heavy atom. The Morgan fingerprint density at radius 2 is 1.41 bits per heavy atom. The van der Waals surface area contributed by atoms with Crippen LogP contribution in [0.15, 0.2) is 48.8 Å². The summed E-state index contributed by atoms with van der Waals surface area (Å²) in [6.45, 7) is 6.05. The molecule has 3 aromatic rings. The van der Waals surface area contributed by atoms with Gasteiger partial charge in [0.2, 0.25) is 0 Å². The van der Waals surface area contributed by atoms with E-state index in [2.05, 4.69) is 52.2 Å². The van der Waals surface area contributed by atoms with Crippen molar-refractivity contribution in [2.45, 2.75) is 27.2 Å². The molecule has 0 atom stereocenters. The second kappa shape index (κ2) is 6.06. The van der Waals surface area contributed by atoms with Gasteiger partial charge in [-0.05, 0) is 44.5 Å². The van der Waals surface area contributed by atoms with Gasteiger partial charge in [0.25, 0.3) is 0 Å². The van der Waals surface area contributed by atoms with E-state index in [0.29, 0.717) is 0 Å². The van der Waals surface area contributed by atoms with Crippen LogP contribution < -0.4 is 0 Å². The van der Waals surface area contributed by atoms with Gasteiger partial charge in [-0.1, -0.05) is 18.2 Å². The third-order valence-corrected chi connectivity index (χ3v) is 3.78. The predicted molar refractivity (Wildman–Crippen MR) is 88.7 cm³/mol. The Balaban J connectivity index is 1.80. The van der Waals surface area contributed by atoms with Crippen molar-refractivity contribution in [3.63, 3.8) is 0 Å². The third-order valence-electron chi connectivity index (χ3n) is 3.78. The first-order valence-corrected chi connectivity index (χ1v) is 7.43. The Hall–Kier alpha value is -2.55. The molecular weight excluding hydrogens is 270 g/mol. The molecule has 0 radical (unpaired) electrons. The normalized spacial score (nSPS) is 10.7. The maximum absolute atomic E-state index is 4.58. The van der Waals surface area contributed by atoms with Crippen LogP contribution in [0.2, 0.25) is 0 Å². The molecule has 3 heteroatoms. The topological polar surface area (TPSA) is 38.7 Å². The molecule has 0 spiro atoms. The van der Waals surface area contributed by atoms with Crippen LogP contribution in [0.5, 0.6) is 0 Å². The first-order chi connectivity index (χ1) is 10.6. The van der Waals surface area contributed by atoms with Gasteiger partial charge in [0.15, 0.2) is 0 Å². The number of hydrogen-bond donors (Lipinski definition) is 0. The Bertz CT molecular complexity index is 775. The molecule has 0 N–H and O–H groups in total. The van der Waals surface area contributed by atoms with E-state index in [4.69, 9.17) is 0 Å².